The molecule has 1 heterocycles. The van der Waals surface area contributed by atoms with Crippen LogP contribution in [-0.4, -0.2) is 53.7 Å². The van der Waals surface area contributed by atoms with E-state index in [0.717, 1.165) is 31.7 Å². The Labute approximate surface area is 143 Å². The van der Waals surface area contributed by atoms with Gasteiger partial charge in [-0.1, -0.05) is 18.5 Å². The second-order valence-electron chi connectivity index (χ2n) is 5.79. The van der Waals surface area contributed by atoms with E-state index < -0.39 is 6.04 Å². The number of likely N-dealkylation sites (N-methyl/N-ethyl adjacent to an activating group) is 1. The summed E-state index contributed by atoms with van der Waals surface area (Å²) in [5, 5.41) is 19.9. The molecular weight excluding hydrogens is 314 g/mol. The predicted octanol–water partition coefficient (Wildman–Crippen LogP) is 3.03. The molecule has 0 spiro atoms. The number of nitriles is 1. The van der Waals surface area contributed by atoms with E-state index in [1.165, 1.54) is 0 Å². The van der Waals surface area contributed by atoms with E-state index in [4.69, 9.17) is 16.3 Å². The van der Waals surface area contributed by atoms with Crippen LogP contribution in [0.4, 0.5) is 0 Å². The van der Waals surface area contributed by atoms with Gasteiger partial charge in [0, 0.05) is 25.7 Å². The minimum Gasteiger partial charge on any atom is -0.503 e. The third-order valence-electron chi connectivity index (χ3n) is 4.36. The Morgan fingerprint density at radius 1 is 1.43 bits per heavy atom. The Hall–Kier alpha value is -1.48. The normalized spacial score (nSPS) is 20.9. The van der Waals surface area contributed by atoms with Crippen molar-refractivity contribution in [1.29, 1.82) is 5.26 Å². The Bertz CT molecular complexity index is 588. The number of benzene rings is 1. The van der Waals surface area contributed by atoms with Crippen molar-refractivity contribution in [3.63, 3.8) is 0 Å². The van der Waals surface area contributed by atoms with Crippen LogP contribution in [0.15, 0.2) is 12.1 Å². The summed E-state index contributed by atoms with van der Waals surface area (Å²) in [6.45, 7) is 10.2. The highest BCUT2D eigenvalue weighted by Crippen LogP contribution is 2.38. The van der Waals surface area contributed by atoms with Gasteiger partial charge in [-0.3, -0.25) is 9.80 Å². The number of rotatable bonds is 5. The molecule has 1 fully saturated rings. The predicted molar refractivity (Wildman–Crippen MR) is 90.9 cm³/mol. The molecule has 5 nitrogen and oxygen atoms in total. The summed E-state index contributed by atoms with van der Waals surface area (Å²) in [6.07, 6.45) is 0. The van der Waals surface area contributed by atoms with Gasteiger partial charge < -0.3 is 9.84 Å². The zero-order valence-electron chi connectivity index (χ0n) is 13.9. The molecular formula is C17H24ClN3O2. The van der Waals surface area contributed by atoms with Gasteiger partial charge >= 0.3 is 0 Å². The van der Waals surface area contributed by atoms with Crippen LogP contribution in [-0.2, 0) is 0 Å². The number of nitrogens with zero attached hydrogens (tertiary/aromatic N) is 3. The van der Waals surface area contributed by atoms with Crippen LogP contribution in [0.25, 0.3) is 0 Å². The van der Waals surface area contributed by atoms with E-state index in [2.05, 4.69) is 29.7 Å². The number of hydrogen-bond donors (Lipinski definition) is 1. The maximum atomic E-state index is 9.97. The fourth-order valence-electron chi connectivity index (χ4n) is 3.11. The topological polar surface area (TPSA) is 59.7 Å². The monoisotopic (exact) mass is 337 g/mol. The number of aromatic hydroxyl groups is 1. The molecule has 0 amide bonds. The maximum Gasteiger partial charge on any atom is 0.176 e. The fraction of sp³-hybridized carbons (Fsp3) is 0.588. The third-order valence-corrected chi connectivity index (χ3v) is 4.64. The molecule has 23 heavy (non-hydrogen) atoms. The second kappa shape index (κ2) is 7.87. The molecule has 0 aliphatic carbocycles. The van der Waals surface area contributed by atoms with Gasteiger partial charge in [-0.25, -0.2) is 0 Å². The second-order valence-corrected chi connectivity index (χ2v) is 6.19. The van der Waals surface area contributed by atoms with Crippen LogP contribution in [0.2, 0.25) is 5.02 Å². The van der Waals surface area contributed by atoms with Gasteiger partial charge in [-0.15, -0.1) is 0 Å². The zero-order valence-corrected chi connectivity index (χ0v) is 14.7. The Morgan fingerprint density at radius 3 is 2.74 bits per heavy atom. The summed E-state index contributed by atoms with van der Waals surface area (Å²) >= 11 is 6.10. The van der Waals surface area contributed by atoms with Gasteiger partial charge in [-0.2, -0.15) is 5.26 Å². The highest BCUT2D eigenvalue weighted by molar-refractivity contribution is 6.32. The molecule has 1 aliphatic rings. The number of hydrogen-bond acceptors (Lipinski definition) is 5. The molecule has 1 aromatic carbocycles. The first-order valence-electron chi connectivity index (χ1n) is 8.04. The third kappa shape index (κ3) is 3.89. The quantitative estimate of drug-likeness (QED) is 0.895. The van der Waals surface area contributed by atoms with Gasteiger partial charge in [0.2, 0.25) is 0 Å². The molecule has 6 heteroatoms. The maximum absolute atomic E-state index is 9.97. The van der Waals surface area contributed by atoms with Crippen LogP contribution in [0.3, 0.4) is 0 Å². The van der Waals surface area contributed by atoms with E-state index >= 15 is 0 Å². The average Bonchev–Trinajstić information content (AvgIpc) is 2.53. The summed E-state index contributed by atoms with van der Waals surface area (Å²) < 4.78 is 5.43. The van der Waals surface area contributed by atoms with Crippen molar-refractivity contribution in [1.82, 2.24) is 9.80 Å². The van der Waals surface area contributed by atoms with Crippen LogP contribution in [0.5, 0.6) is 11.5 Å². The number of phenols is 1. The van der Waals surface area contributed by atoms with Crippen molar-refractivity contribution in [2.24, 2.45) is 0 Å². The van der Waals surface area contributed by atoms with E-state index in [0.29, 0.717) is 18.4 Å². The molecule has 2 atom stereocenters. The Balaban J connectivity index is 2.26. The summed E-state index contributed by atoms with van der Waals surface area (Å²) in [7, 11) is 0. The van der Waals surface area contributed by atoms with Crippen molar-refractivity contribution < 1.29 is 9.84 Å². The smallest absolute Gasteiger partial charge is 0.176 e. The minimum atomic E-state index is -0.395. The first kappa shape index (κ1) is 17.9. The SMILES string of the molecule is CCOc1cc(C(C#N)N2CCN(CC)C(C)C2)cc(Cl)c1O. The number of halogens is 1. The van der Waals surface area contributed by atoms with E-state index in [9.17, 15) is 10.4 Å². The lowest BCUT2D eigenvalue weighted by atomic mass is 10.0. The first-order valence-corrected chi connectivity index (χ1v) is 8.42. The summed E-state index contributed by atoms with van der Waals surface area (Å²) in [5.74, 6) is 0.258. The number of phenolic OH excluding ortho intramolecular Hbond substituents is 1. The largest absolute Gasteiger partial charge is 0.503 e. The van der Waals surface area contributed by atoms with E-state index in [1.807, 2.05) is 6.92 Å². The minimum absolute atomic E-state index is 0.0712. The van der Waals surface area contributed by atoms with Gasteiger partial charge in [0.1, 0.15) is 6.04 Å². The van der Waals surface area contributed by atoms with Gasteiger partial charge in [0.05, 0.1) is 17.7 Å². The molecule has 2 rings (SSSR count). The molecule has 0 radical (unpaired) electrons. The molecule has 1 saturated heterocycles. The van der Waals surface area contributed by atoms with Crippen molar-refractivity contribution >= 4 is 11.6 Å². The first-order chi connectivity index (χ1) is 11.0. The highest BCUT2D eigenvalue weighted by Gasteiger charge is 2.29. The van der Waals surface area contributed by atoms with Gasteiger partial charge in [-0.05, 0) is 38.1 Å². The van der Waals surface area contributed by atoms with Gasteiger partial charge in [0.15, 0.2) is 11.5 Å². The molecule has 0 aromatic heterocycles. The summed E-state index contributed by atoms with van der Waals surface area (Å²) in [4.78, 5) is 4.57. The fourth-order valence-corrected chi connectivity index (χ4v) is 3.33. The molecule has 1 aliphatic heterocycles. The van der Waals surface area contributed by atoms with Crippen molar-refractivity contribution in [2.45, 2.75) is 32.9 Å². The molecule has 1 N–H and O–H groups in total. The lowest BCUT2D eigenvalue weighted by Gasteiger charge is -2.41. The number of ether oxygens (including phenoxy) is 1. The summed E-state index contributed by atoms with van der Waals surface area (Å²) in [6, 6.07) is 5.76. The van der Waals surface area contributed by atoms with Crippen molar-refractivity contribution in [3.05, 3.63) is 22.7 Å². The van der Waals surface area contributed by atoms with E-state index in [-0.39, 0.29) is 10.8 Å². The standard InChI is InChI=1S/C17H24ClN3O2/c1-4-20-6-7-21(11-12(20)3)15(10-19)13-8-14(18)17(22)16(9-13)23-5-2/h8-9,12,15,22H,4-7,11H2,1-3H3. The van der Waals surface area contributed by atoms with Crippen LogP contribution in [0.1, 0.15) is 32.4 Å². The van der Waals surface area contributed by atoms with Crippen LogP contribution < -0.4 is 4.74 Å². The molecule has 0 saturated carbocycles. The lowest BCUT2D eigenvalue weighted by molar-refractivity contribution is 0.0729. The molecule has 0 bridgehead atoms. The zero-order chi connectivity index (χ0) is 17.0. The molecule has 1 aromatic rings. The number of piperazine rings is 1. The van der Waals surface area contributed by atoms with Crippen LogP contribution in [0, 0.1) is 11.3 Å². The molecule has 126 valence electrons. The average molecular weight is 338 g/mol. The highest BCUT2D eigenvalue weighted by atomic mass is 35.5. The summed E-state index contributed by atoms with van der Waals surface area (Å²) in [5.41, 5.74) is 0.760. The molecule has 2 unspecified atom stereocenters. The Kier molecular flexibility index (Phi) is 6.11. The van der Waals surface area contributed by atoms with Crippen LogP contribution >= 0.6 is 11.6 Å². The van der Waals surface area contributed by atoms with Gasteiger partial charge in [0.25, 0.3) is 0 Å². The lowest BCUT2D eigenvalue weighted by Crippen LogP contribution is -2.52. The van der Waals surface area contributed by atoms with Crippen molar-refractivity contribution in [3.8, 4) is 17.6 Å². The Morgan fingerprint density at radius 2 is 2.17 bits per heavy atom. The van der Waals surface area contributed by atoms with Crippen molar-refractivity contribution in [2.75, 3.05) is 32.8 Å². The van der Waals surface area contributed by atoms with E-state index in [1.54, 1.807) is 12.1 Å².